The van der Waals surface area contributed by atoms with Gasteiger partial charge in [0.1, 0.15) is 0 Å². The molecule has 0 bridgehead atoms. The van der Waals surface area contributed by atoms with Gasteiger partial charge in [-0.1, -0.05) is 35.9 Å². The zero-order chi connectivity index (χ0) is 15.5. The number of nitrogens with one attached hydrogen (secondary N) is 1. The predicted octanol–water partition coefficient (Wildman–Crippen LogP) is 2.26. The van der Waals surface area contributed by atoms with Crippen LogP contribution in [-0.2, 0) is 22.6 Å². The third-order valence-corrected chi connectivity index (χ3v) is 3.92. The summed E-state index contributed by atoms with van der Waals surface area (Å²) in [5.74, 6) is -1.26. The van der Waals surface area contributed by atoms with Crippen LogP contribution >= 0.6 is 11.6 Å². The van der Waals surface area contributed by atoms with Crippen LogP contribution in [0.25, 0.3) is 0 Å². The minimum atomic E-state index is -0.700. The lowest BCUT2D eigenvalue weighted by molar-refractivity contribution is -0.143. The van der Waals surface area contributed by atoms with E-state index < -0.39 is 11.8 Å². The summed E-state index contributed by atoms with van der Waals surface area (Å²) in [4.78, 5) is 29.8. The maximum atomic E-state index is 12.3. The molecule has 0 saturated carbocycles. The third-order valence-electron chi connectivity index (χ3n) is 3.62. The molecule has 0 atom stereocenters. The number of carbonyl (C=O) groups is 2. The molecule has 0 radical (unpaired) electrons. The van der Waals surface area contributed by atoms with Crippen LogP contribution in [0.15, 0.2) is 42.6 Å². The second-order valence-electron chi connectivity index (χ2n) is 5.04. The normalized spacial score (nSPS) is 13.4. The van der Waals surface area contributed by atoms with Gasteiger partial charge in [-0.25, -0.2) is 4.98 Å². The van der Waals surface area contributed by atoms with Crippen molar-refractivity contribution in [3.05, 3.63) is 58.9 Å². The topological polar surface area (TPSA) is 62.3 Å². The second kappa shape index (κ2) is 6.15. The summed E-state index contributed by atoms with van der Waals surface area (Å²) in [6.07, 6.45) is 2.27. The van der Waals surface area contributed by atoms with Crippen LogP contribution in [0.3, 0.4) is 0 Å². The molecule has 1 aliphatic rings. The average Bonchev–Trinajstić information content (AvgIpc) is 2.55. The molecule has 0 unspecified atom stereocenters. The fourth-order valence-corrected chi connectivity index (χ4v) is 2.63. The number of carbonyl (C=O) groups excluding carboxylic acids is 2. The van der Waals surface area contributed by atoms with Gasteiger partial charge in [0.15, 0.2) is 5.15 Å². The van der Waals surface area contributed by atoms with E-state index in [0.717, 1.165) is 12.0 Å². The van der Waals surface area contributed by atoms with Gasteiger partial charge in [-0.3, -0.25) is 9.59 Å². The van der Waals surface area contributed by atoms with Gasteiger partial charge in [-0.05, 0) is 29.7 Å². The molecule has 1 N–H and O–H groups in total. The largest absolute Gasteiger partial charge is 0.330 e. The number of fused-ring (bicyclic) bond motifs is 1. The van der Waals surface area contributed by atoms with Crippen molar-refractivity contribution in [2.75, 3.05) is 11.9 Å². The van der Waals surface area contributed by atoms with Crippen LogP contribution in [0, 0.1) is 0 Å². The van der Waals surface area contributed by atoms with Crippen LogP contribution in [0.4, 0.5) is 5.69 Å². The van der Waals surface area contributed by atoms with Gasteiger partial charge >= 0.3 is 11.8 Å². The lowest BCUT2D eigenvalue weighted by Crippen LogP contribution is -2.42. The molecule has 5 nitrogen and oxygen atoms in total. The fraction of sp³-hybridized carbons (Fsp3) is 0.188. The smallest absolute Gasteiger partial charge is 0.313 e. The minimum Gasteiger partial charge on any atom is -0.330 e. The van der Waals surface area contributed by atoms with E-state index in [4.69, 9.17) is 11.6 Å². The van der Waals surface area contributed by atoms with Crippen molar-refractivity contribution in [1.82, 2.24) is 9.88 Å². The van der Waals surface area contributed by atoms with Crippen molar-refractivity contribution < 1.29 is 9.59 Å². The maximum absolute atomic E-state index is 12.3. The van der Waals surface area contributed by atoms with Gasteiger partial charge in [0.25, 0.3) is 0 Å². The summed E-state index contributed by atoms with van der Waals surface area (Å²) < 4.78 is 0. The zero-order valence-corrected chi connectivity index (χ0v) is 12.5. The highest BCUT2D eigenvalue weighted by Crippen LogP contribution is 2.20. The van der Waals surface area contributed by atoms with E-state index in [9.17, 15) is 9.59 Å². The van der Waals surface area contributed by atoms with Crippen molar-refractivity contribution in [1.29, 1.82) is 0 Å². The molecule has 0 aliphatic carbocycles. The summed E-state index contributed by atoms with van der Waals surface area (Å²) in [7, 11) is 0. The summed E-state index contributed by atoms with van der Waals surface area (Å²) in [6, 6.07) is 11.2. The summed E-state index contributed by atoms with van der Waals surface area (Å²) in [6.45, 7) is 0.979. The molecule has 2 amide bonds. The van der Waals surface area contributed by atoms with Gasteiger partial charge in [-0.15, -0.1) is 0 Å². The number of nitrogens with zero attached hydrogens (tertiary/aromatic N) is 2. The summed E-state index contributed by atoms with van der Waals surface area (Å²) in [5, 5.41) is 2.67. The van der Waals surface area contributed by atoms with Gasteiger partial charge in [-0.2, -0.15) is 0 Å². The molecular formula is C16H14ClN3O2. The molecular weight excluding hydrogens is 302 g/mol. The SMILES string of the molecule is O=C(Nc1cccnc1Cl)C(=O)N1CCc2ccccc2C1. The minimum absolute atomic E-state index is 0.160. The first kappa shape index (κ1) is 14.5. The lowest BCUT2D eigenvalue weighted by atomic mass is 10.00. The molecule has 1 aromatic carbocycles. The highest BCUT2D eigenvalue weighted by atomic mass is 35.5. The number of hydrogen-bond acceptors (Lipinski definition) is 3. The Bertz CT molecular complexity index is 733. The van der Waals surface area contributed by atoms with Gasteiger partial charge in [0.2, 0.25) is 0 Å². The van der Waals surface area contributed by atoms with Crippen LogP contribution in [-0.4, -0.2) is 28.2 Å². The van der Waals surface area contributed by atoms with E-state index >= 15 is 0 Å². The molecule has 1 aliphatic heterocycles. The molecule has 0 fully saturated rings. The molecule has 22 heavy (non-hydrogen) atoms. The molecule has 6 heteroatoms. The quantitative estimate of drug-likeness (QED) is 0.648. The molecule has 112 valence electrons. The van der Waals surface area contributed by atoms with E-state index in [0.29, 0.717) is 18.8 Å². The molecule has 0 saturated heterocycles. The Morgan fingerprint density at radius 1 is 1.14 bits per heavy atom. The fourth-order valence-electron chi connectivity index (χ4n) is 2.47. The molecule has 2 heterocycles. The van der Waals surface area contributed by atoms with E-state index in [2.05, 4.69) is 10.3 Å². The van der Waals surface area contributed by atoms with E-state index in [1.165, 1.54) is 11.8 Å². The standard InChI is InChI=1S/C16H14ClN3O2/c17-14-13(6-3-8-18-14)19-15(21)16(22)20-9-7-11-4-1-2-5-12(11)10-20/h1-6,8H,7,9-10H2,(H,19,21). The highest BCUT2D eigenvalue weighted by Gasteiger charge is 2.26. The maximum Gasteiger partial charge on any atom is 0.313 e. The third kappa shape index (κ3) is 2.94. The van der Waals surface area contributed by atoms with Crippen LogP contribution in [0.1, 0.15) is 11.1 Å². The number of hydrogen-bond donors (Lipinski definition) is 1. The average molecular weight is 316 g/mol. The first-order valence-corrected chi connectivity index (χ1v) is 7.30. The molecule has 1 aromatic heterocycles. The van der Waals surface area contributed by atoms with Crippen molar-refractivity contribution in [2.45, 2.75) is 13.0 Å². The van der Waals surface area contributed by atoms with Crippen LogP contribution in [0.5, 0.6) is 0 Å². The van der Waals surface area contributed by atoms with Gasteiger partial charge in [0, 0.05) is 19.3 Å². The molecule has 3 rings (SSSR count). The van der Waals surface area contributed by atoms with Gasteiger partial charge < -0.3 is 10.2 Å². The van der Waals surface area contributed by atoms with Gasteiger partial charge in [0.05, 0.1) is 5.69 Å². The van der Waals surface area contributed by atoms with E-state index in [-0.39, 0.29) is 5.15 Å². The number of pyridine rings is 1. The first-order chi connectivity index (χ1) is 10.6. The predicted molar refractivity (Wildman–Crippen MR) is 83.4 cm³/mol. The van der Waals surface area contributed by atoms with Crippen LogP contribution in [0.2, 0.25) is 5.15 Å². The first-order valence-electron chi connectivity index (χ1n) is 6.92. The summed E-state index contributed by atoms with van der Waals surface area (Å²) in [5.41, 5.74) is 2.64. The zero-order valence-electron chi connectivity index (χ0n) is 11.8. The molecule has 2 aromatic rings. The van der Waals surface area contributed by atoms with Crippen molar-refractivity contribution in [3.63, 3.8) is 0 Å². The van der Waals surface area contributed by atoms with E-state index in [1.54, 1.807) is 17.0 Å². The number of anilines is 1. The Morgan fingerprint density at radius 3 is 2.68 bits per heavy atom. The molecule has 0 spiro atoms. The van der Waals surface area contributed by atoms with Crippen molar-refractivity contribution >= 4 is 29.1 Å². The number of rotatable bonds is 1. The number of amides is 2. The number of halogens is 1. The Hall–Kier alpha value is -2.40. The lowest BCUT2D eigenvalue weighted by Gasteiger charge is -2.28. The monoisotopic (exact) mass is 315 g/mol. The van der Waals surface area contributed by atoms with Crippen LogP contribution < -0.4 is 5.32 Å². The Balaban J connectivity index is 1.70. The Morgan fingerprint density at radius 2 is 1.91 bits per heavy atom. The number of benzene rings is 1. The highest BCUT2D eigenvalue weighted by molar-refractivity contribution is 6.41. The second-order valence-corrected chi connectivity index (χ2v) is 5.40. The Kier molecular flexibility index (Phi) is 4.06. The summed E-state index contributed by atoms with van der Waals surface area (Å²) >= 11 is 5.87. The Labute approximate surface area is 132 Å². The van der Waals surface area contributed by atoms with E-state index in [1.807, 2.05) is 24.3 Å². The van der Waals surface area contributed by atoms with Crippen molar-refractivity contribution in [2.24, 2.45) is 0 Å². The number of aromatic nitrogens is 1. The van der Waals surface area contributed by atoms with Crippen molar-refractivity contribution in [3.8, 4) is 0 Å².